The lowest BCUT2D eigenvalue weighted by Gasteiger charge is -2.18. The highest BCUT2D eigenvalue weighted by Gasteiger charge is 2.21. The maximum atomic E-state index is 13.5. The first-order valence-electron chi connectivity index (χ1n) is 7.04. The zero-order valence-corrected chi connectivity index (χ0v) is 12.0. The lowest BCUT2D eigenvalue weighted by molar-refractivity contribution is 0.214. The van der Waals surface area contributed by atoms with Crippen molar-refractivity contribution in [2.24, 2.45) is 10.9 Å². The summed E-state index contributed by atoms with van der Waals surface area (Å²) >= 11 is 0. The van der Waals surface area contributed by atoms with Crippen molar-refractivity contribution < 1.29 is 9.13 Å². The fourth-order valence-electron chi connectivity index (χ4n) is 1.82. The molecule has 1 saturated carbocycles. The Morgan fingerprint density at radius 1 is 1.40 bits per heavy atom. The number of para-hydroxylation sites is 1. The van der Waals surface area contributed by atoms with Crippen LogP contribution in [-0.4, -0.2) is 32.2 Å². The van der Waals surface area contributed by atoms with Gasteiger partial charge in [-0.25, -0.2) is 4.39 Å². The van der Waals surface area contributed by atoms with E-state index in [-0.39, 0.29) is 17.7 Å². The molecule has 2 N–H and O–H groups in total. The van der Waals surface area contributed by atoms with Crippen LogP contribution in [-0.2, 0) is 0 Å². The molecule has 110 valence electrons. The van der Waals surface area contributed by atoms with Gasteiger partial charge in [0, 0.05) is 13.6 Å². The molecule has 0 bridgehead atoms. The molecule has 0 spiro atoms. The van der Waals surface area contributed by atoms with Gasteiger partial charge in [-0.05, 0) is 37.8 Å². The standard InChI is InChI=1S/C15H22FN3O/c1-11(20-14-6-4-3-5-13(14)16)9-18-15(17-2)19-10-12-7-8-12/h3-6,11-12H,7-10H2,1-2H3,(H2,17,18,19). The van der Waals surface area contributed by atoms with Gasteiger partial charge in [0.15, 0.2) is 17.5 Å². The van der Waals surface area contributed by atoms with Crippen molar-refractivity contribution in [2.45, 2.75) is 25.9 Å². The summed E-state index contributed by atoms with van der Waals surface area (Å²) in [6.45, 7) is 3.43. The molecule has 0 radical (unpaired) electrons. The number of benzene rings is 1. The van der Waals surface area contributed by atoms with Crippen LogP contribution in [0, 0.1) is 11.7 Å². The van der Waals surface area contributed by atoms with E-state index >= 15 is 0 Å². The number of aliphatic imine (C=N–C) groups is 1. The summed E-state index contributed by atoms with van der Waals surface area (Å²) in [5.74, 6) is 1.50. The van der Waals surface area contributed by atoms with Crippen LogP contribution >= 0.6 is 0 Å². The molecule has 0 heterocycles. The summed E-state index contributed by atoms with van der Waals surface area (Å²) in [7, 11) is 1.74. The van der Waals surface area contributed by atoms with Crippen LogP contribution in [0.2, 0.25) is 0 Å². The van der Waals surface area contributed by atoms with Gasteiger partial charge in [0.2, 0.25) is 0 Å². The van der Waals surface area contributed by atoms with Crippen LogP contribution in [0.1, 0.15) is 19.8 Å². The Morgan fingerprint density at radius 3 is 2.80 bits per heavy atom. The molecule has 4 nitrogen and oxygen atoms in total. The molecule has 1 aliphatic rings. The highest BCUT2D eigenvalue weighted by atomic mass is 19.1. The molecular weight excluding hydrogens is 257 g/mol. The smallest absolute Gasteiger partial charge is 0.191 e. The first-order chi connectivity index (χ1) is 9.69. The molecule has 0 amide bonds. The summed E-state index contributed by atoms with van der Waals surface area (Å²) in [4.78, 5) is 4.15. The zero-order valence-electron chi connectivity index (χ0n) is 12.0. The second-order valence-electron chi connectivity index (χ2n) is 5.14. The van der Waals surface area contributed by atoms with E-state index in [0.29, 0.717) is 6.54 Å². The molecule has 0 aromatic heterocycles. The largest absolute Gasteiger partial charge is 0.486 e. The number of halogens is 1. The van der Waals surface area contributed by atoms with Crippen LogP contribution in [0.5, 0.6) is 5.75 Å². The molecule has 0 saturated heterocycles. The molecule has 0 aliphatic heterocycles. The first kappa shape index (κ1) is 14.6. The Kier molecular flexibility index (Phi) is 5.21. The number of ether oxygens (including phenoxy) is 1. The van der Waals surface area contributed by atoms with Crippen molar-refractivity contribution in [1.29, 1.82) is 0 Å². The highest BCUT2D eigenvalue weighted by molar-refractivity contribution is 5.79. The predicted molar refractivity (Wildman–Crippen MR) is 78.6 cm³/mol. The molecule has 1 aliphatic carbocycles. The summed E-state index contributed by atoms with van der Waals surface area (Å²) in [5.41, 5.74) is 0. The van der Waals surface area contributed by atoms with Crippen LogP contribution in [0.3, 0.4) is 0 Å². The van der Waals surface area contributed by atoms with Gasteiger partial charge < -0.3 is 15.4 Å². The summed E-state index contributed by atoms with van der Waals surface area (Å²) < 4.78 is 19.0. The second kappa shape index (κ2) is 7.12. The van der Waals surface area contributed by atoms with E-state index in [1.54, 1.807) is 25.2 Å². The van der Waals surface area contributed by atoms with E-state index in [2.05, 4.69) is 15.6 Å². The normalized spacial score (nSPS) is 16.6. The van der Waals surface area contributed by atoms with Gasteiger partial charge in [0.05, 0.1) is 6.54 Å². The van der Waals surface area contributed by atoms with Gasteiger partial charge in [0.1, 0.15) is 6.10 Å². The molecular formula is C15H22FN3O. The lowest BCUT2D eigenvalue weighted by Crippen LogP contribution is -2.42. The molecule has 20 heavy (non-hydrogen) atoms. The van der Waals surface area contributed by atoms with Gasteiger partial charge in [-0.1, -0.05) is 12.1 Å². The average Bonchev–Trinajstić information content (AvgIpc) is 3.26. The lowest BCUT2D eigenvalue weighted by atomic mass is 10.3. The van der Waals surface area contributed by atoms with Gasteiger partial charge >= 0.3 is 0 Å². The van der Waals surface area contributed by atoms with Gasteiger partial charge in [-0.2, -0.15) is 0 Å². The predicted octanol–water partition coefficient (Wildman–Crippen LogP) is 2.17. The minimum Gasteiger partial charge on any atom is -0.486 e. The average molecular weight is 279 g/mol. The minimum atomic E-state index is -0.337. The molecule has 1 aromatic carbocycles. The van der Waals surface area contributed by atoms with E-state index in [1.165, 1.54) is 18.9 Å². The number of nitrogens with zero attached hydrogens (tertiary/aromatic N) is 1. The van der Waals surface area contributed by atoms with E-state index < -0.39 is 0 Å². The van der Waals surface area contributed by atoms with E-state index in [1.807, 2.05) is 6.92 Å². The van der Waals surface area contributed by atoms with Crippen LogP contribution < -0.4 is 15.4 Å². The SMILES string of the molecule is CN=C(NCC1CC1)NCC(C)Oc1ccccc1F. The third kappa shape index (κ3) is 4.72. The quantitative estimate of drug-likeness (QED) is 0.619. The molecule has 1 fully saturated rings. The summed E-state index contributed by atoms with van der Waals surface area (Å²) in [6, 6.07) is 6.43. The number of nitrogens with one attached hydrogen (secondary N) is 2. The van der Waals surface area contributed by atoms with Crippen molar-refractivity contribution in [3.8, 4) is 5.75 Å². The molecule has 5 heteroatoms. The van der Waals surface area contributed by atoms with Crippen LogP contribution in [0.15, 0.2) is 29.3 Å². The second-order valence-corrected chi connectivity index (χ2v) is 5.14. The molecule has 2 rings (SSSR count). The Hall–Kier alpha value is -1.78. The van der Waals surface area contributed by atoms with Gasteiger partial charge in [-0.3, -0.25) is 4.99 Å². The Bertz CT molecular complexity index is 460. The third-order valence-corrected chi connectivity index (χ3v) is 3.20. The first-order valence-corrected chi connectivity index (χ1v) is 7.04. The molecule has 1 atom stereocenters. The maximum absolute atomic E-state index is 13.5. The topological polar surface area (TPSA) is 45.7 Å². The fraction of sp³-hybridized carbons (Fsp3) is 0.533. The van der Waals surface area contributed by atoms with Gasteiger partial charge in [0.25, 0.3) is 0 Å². The van der Waals surface area contributed by atoms with E-state index in [0.717, 1.165) is 18.4 Å². The van der Waals surface area contributed by atoms with E-state index in [4.69, 9.17) is 4.74 Å². The molecule has 1 aromatic rings. The van der Waals surface area contributed by atoms with Gasteiger partial charge in [-0.15, -0.1) is 0 Å². The van der Waals surface area contributed by atoms with E-state index in [9.17, 15) is 4.39 Å². The maximum Gasteiger partial charge on any atom is 0.191 e. The highest BCUT2D eigenvalue weighted by Crippen LogP contribution is 2.27. The number of hydrogen-bond donors (Lipinski definition) is 2. The fourth-order valence-corrected chi connectivity index (χ4v) is 1.82. The zero-order chi connectivity index (χ0) is 14.4. The monoisotopic (exact) mass is 279 g/mol. The van der Waals surface area contributed by atoms with Crippen molar-refractivity contribution >= 4 is 5.96 Å². The Morgan fingerprint density at radius 2 is 2.15 bits per heavy atom. The Labute approximate surface area is 119 Å². The summed E-state index contributed by atoms with van der Waals surface area (Å²) in [5, 5.41) is 6.45. The van der Waals surface area contributed by atoms with Crippen LogP contribution in [0.4, 0.5) is 4.39 Å². The third-order valence-electron chi connectivity index (χ3n) is 3.20. The Balaban J connectivity index is 1.73. The van der Waals surface area contributed by atoms with Crippen LogP contribution in [0.25, 0.3) is 0 Å². The number of hydrogen-bond acceptors (Lipinski definition) is 2. The van der Waals surface area contributed by atoms with Crippen molar-refractivity contribution in [3.63, 3.8) is 0 Å². The molecule has 1 unspecified atom stereocenters. The van der Waals surface area contributed by atoms with Crippen molar-refractivity contribution in [1.82, 2.24) is 10.6 Å². The van der Waals surface area contributed by atoms with Crippen molar-refractivity contribution in [2.75, 3.05) is 20.1 Å². The number of rotatable bonds is 6. The number of guanidine groups is 1. The summed E-state index contributed by atoms with van der Waals surface area (Å²) in [6.07, 6.45) is 2.46. The minimum absolute atomic E-state index is 0.147. The van der Waals surface area contributed by atoms with Crippen molar-refractivity contribution in [3.05, 3.63) is 30.1 Å².